The second-order valence-corrected chi connectivity index (χ2v) is 25.6. The summed E-state index contributed by atoms with van der Waals surface area (Å²) in [5.74, 6) is 4.61. The van der Waals surface area contributed by atoms with Crippen molar-refractivity contribution in [3.63, 3.8) is 0 Å². The van der Waals surface area contributed by atoms with Crippen LogP contribution in [0, 0.1) is 40.9 Å². The maximum atomic E-state index is 10.6. The van der Waals surface area contributed by atoms with Crippen molar-refractivity contribution in [3.05, 3.63) is 0 Å². The smallest absolute Gasteiger partial charge is 0.0543 e. The van der Waals surface area contributed by atoms with Crippen molar-refractivity contribution >= 4 is 16.1 Å². The fourth-order valence-electron chi connectivity index (χ4n) is 8.48. The first-order valence-corrected chi connectivity index (χ1v) is 21.9. The normalized spacial score (nSPS) is 13.9. The predicted molar refractivity (Wildman–Crippen MR) is 174 cm³/mol. The van der Waals surface area contributed by atoms with Crippen LogP contribution in [0.4, 0.5) is 0 Å². The average Bonchev–Trinajstić information content (AvgIpc) is 2.69. The van der Waals surface area contributed by atoms with Gasteiger partial charge in [-0.2, -0.15) is 0 Å². The zero-order valence-electron chi connectivity index (χ0n) is 27.8. The minimum atomic E-state index is -1.38. The van der Waals surface area contributed by atoms with Gasteiger partial charge in [-0.3, -0.25) is 0 Å². The van der Waals surface area contributed by atoms with E-state index in [9.17, 15) is 10.2 Å². The lowest BCUT2D eigenvalue weighted by molar-refractivity contribution is 0.0383. The summed E-state index contributed by atoms with van der Waals surface area (Å²) in [6.07, 6.45) is 4.37. The average molecular weight is 557 g/mol. The molecule has 0 saturated carbocycles. The van der Waals surface area contributed by atoms with Crippen molar-refractivity contribution in [2.45, 2.75) is 157 Å². The maximum absolute atomic E-state index is 10.6. The lowest BCUT2D eigenvalue weighted by Crippen LogP contribution is -2.40. The molecule has 0 amide bonds. The van der Waals surface area contributed by atoms with E-state index in [1.54, 1.807) is 0 Å². The monoisotopic (exact) mass is 557 g/mol. The van der Waals surface area contributed by atoms with Crippen LogP contribution in [0.5, 0.6) is 0 Å². The molecule has 0 aliphatic heterocycles. The Labute approximate surface area is 237 Å². The van der Waals surface area contributed by atoms with Crippen LogP contribution in [0.25, 0.3) is 0 Å². The van der Waals surface area contributed by atoms with E-state index < -0.39 is 16.1 Å². The lowest BCUT2D eigenvalue weighted by atomic mass is 9.81. The van der Waals surface area contributed by atoms with Gasteiger partial charge < -0.3 is 10.2 Å². The van der Waals surface area contributed by atoms with Gasteiger partial charge in [0.25, 0.3) is 0 Å². The van der Waals surface area contributed by atoms with Gasteiger partial charge in [0, 0.05) is 5.41 Å². The second-order valence-electron chi connectivity index (χ2n) is 16.1. The minimum absolute atomic E-state index is 0.143. The maximum Gasteiger partial charge on any atom is 0.0543 e. The van der Waals surface area contributed by atoms with E-state index in [1.165, 1.54) is 61.2 Å². The van der Waals surface area contributed by atoms with E-state index in [-0.39, 0.29) is 18.6 Å². The third kappa shape index (κ3) is 15.7. The molecule has 0 aliphatic carbocycles. The van der Waals surface area contributed by atoms with Crippen molar-refractivity contribution in [1.82, 2.24) is 0 Å². The van der Waals surface area contributed by atoms with Gasteiger partial charge in [-0.05, 0) is 48.3 Å². The standard InChI is InChI=1S/C33H72O2Si2/c1-27(2)19-36(20-28(3)4,21-29(5)6)17-13-15-33(25-34,26-35)16-14-18-37(22-30(7)8,23-31(9)10)24-32(11)12/h27-32,34-35H,13-26H2,1-12H3. The number of aliphatic hydroxyl groups is 2. The van der Waals surface area contributed by atoms with Crippen molar-refractivity contribution < 1.29 is 10.2 Å². The van der Waals surface area contributed by atoms with E-state index in [2.05, 4.69) is 83.1 Å². The highest BCUT2D eigenvalue weighted by Gasteiger charge is 2.38. The first-order valence-electron chi connectivity index (χ1n) is 16.3. The molecule has 0 saturated heterocycles. The molecular formula is C33H72O2Si2. The highest BCUT2D eigenvalue weighted by atomic mass is 28.3. The molecule has 4 heteroatoms. The molecule has 224 valence electrons. The summed E-state index contributed by atoms with van der Waals surface area (Å²) in [7, 11) is -2.77. The topological polar surface area (TPSA) is 40.5 Å². The van der Waals surface area contributed by atoms with Crippen LogP contribution in [0.15, 0.2) is 0 Å². The van der Waals surface area contributed by atoms with Crippen molar-refractivity contribution in [3.8, 4) is 0 Å². The van der Waals surface area contributed by atoms with Crippen LogP contribution < -0.4 is 0 Å². The Kier molecular flexibility index (Phi) is 18.1. The highest BCUT2D eigenvalue weighted by molar-refractivity contribution is 6.80. The summed E-state index contributed by atoms with van der Waals surface area (Å²) >= 11 is 0. The number of hydrogen-bond acceptors (Lipinski definition) is 2. The Bertz CT molecular complexity index is 466. The first kappa shape index (κ1) is 37.4. The van der Waals surface area contributed by atoms with Crippen molar-refractivity contribution in [2.24, 2.45) is 40.9 Å². The van der Waals surface area contributed by atoms with Gasteiger partial charge in [0.2, 0.25) is 0 Å². The molecule has 37 heavy (non-hydrogen) atoms. The molecule has 2 N–H and O–H groups in total. The van der Waals surface area contributed by atoms with Crippen LogP contribution in [0.1, 0.15) is 109 Å². The van der Waals surface area contributed by atoms with Gasteiger partial charge >= 0.3 is 0 Å². The van der Waals surface area contributed by atoms with Gasteiger partial charge in [0.1, 0.15) is 0 Å². The van der Waals surface area contributed by atoms with Crippen LogP contribution >= 0.6 is 0 Å². The van der Waals surface area contributed by atoms with Crippen LogP contribution in [-0.4, -0.2) is 39.6 Å². The molecule has 0 fully saturated rings. The molecule has 0 unspecified atom stereocenters. The molecule has 0 atom stereocenters. The van der Waals surface area contributed by atoms with Gasteiger partial charge in [0.15, 0.2) is 0 Å². The summed E-state index contributed by atoms with van der Waals surface area (Å²) in [6.45, 7) is 29.2. The Balaban J connectivity index is 5.56. The van der Waals surface area contributed by atoms with Gasteiger partial charge in [0.05, 0.1) is 29.4 Å². The van der Waals surface area contributed by atoms with Crippen LogP contribution in [-0.2, 0) is 0 Å². The van der Waals surface area contributed by atoms with Crippen LogP contribution in [0.2, 0.25) is 48.4 Å². The van der Waals surface area contributed by atoms with E-state index >= 15 is 0 Å². The number of rotatable bonds is 22. The fourth-order valence-corrected chi connectivity index (χ4v) is 22.9. The molecule has 0 rings (SSSR count). The molecule has 0 spiro atoms. The van der Waals surface area contributed by atoms with Crippen LogP contribution in [0.3, 0.4) is 0 Å². The quantitative estimate of drug-likeness (QED) is 0.130. The summed E-state index contributed by atoms with van der Waals surface area (Å²) in [5.41, 5.74) is -0.290. The Hall–Kier alpha value is 0.354. The van der Waals surface area contributed by atoms with Gasteiger partial charge in [-0.1, -0.05) is 144 Å². The summed E-state index contributed by atoms with van der Waals surface area (Å²) in [5, 5.41) is 21.1. The zero-order valence-corrected chi connectivity index (χ0v) is 29.8. The van der Waals surface area contributed by atoms with E-state index in [4.69, 9.17) is 0 Å². The molecule has 0 heterocycles. The van der Waals surface area contributed by atoms with E-state index in [0.717, 1.165) is 48.3 Å². The third-order valence-corrected chi connectivity index (χ3v) is 21.5. The molecule has 0 aromatic carbocycles. The Morgan fingerprint density at radius 1 is 0.432 bits per heavy atom. The lowest BCUT2D eigenvalue weighted by Gasteiger charge is -2.39. The number of hydrogen-bond donors (Lipinski definition) is 2. The molecule has 0 aromatic rings. The molecule has 0 bridgehead atoms. The number of aliphatic hydroxyl groups excluding tert-OH is 2. The summed E-state index contributed by atoms with van der Waals surface area (Å²) < 4.78 is 0. The molecule has 0 aliphatic rings. The fraction of sp³-hybridized carbons (Fsp3) is 1.00. The van der Waals surface area contributed by atoms with Crippen molar-refractivity contribution in [2.75, 3.05) is 13.2 Å². The first-order chi connectivity index (χ1) is 17.0. The Morgan fingerprint density at radius 3 is 0.811 bits per heavy atom. The molecule has 0 radical (unpaired) electrons. The SMILES string of the molecule is CC(C)C[Si](CCCC(CO)(CO)CCC[Si](CC(C)C)(CC(C)C)CC(C)C)(CC(C)C)CC(C)C. The second kappa shape index (κ2) is 17.9. The Morgan fingerprint density at radius 2 is 0.649 bits per heavy atom. The molecule has 0 aromatic heterocycles. The van der Waals surface area contributed by atoms with E-state index in [1.807, 2.05) is 0 Å². The largest absolute Gasteiger partial charge is 0.396 e. The van der Waals surface area contributed by atoms with Gasteiger partial charge in [-0.25, -0.2) is 0 Å². The summed E-state index contributed by atoms with van der Waals surface area (Å²) in [6, 6.07) is 11.3. The zero-order chi connectivity index (χ0) is 28.9. The third-order valence-electron chi connectivity index (χ3n) is 8.55. The van der Waals surface area contributed by atoms with E-state index in [0.29, 0.717) is 0 Å². The van der Waals surface area contributed by atoms with Crippen molar-refractivity contribution in [1.29, 1.82) is 0 Å². The predicted octanol–water partition coefficient (Wildman–Crippen LogP) is 10.4. The van der Waals surface area contributed by atoms with Gasteiger partial charge in [-0.15, -0.1) is 0 Å². The molecular weight excluding hydrogens is 485 g/mol. The minimum Gasteiger partial charge on any atom is -0.396 e. The summed E-state index contributed by atoms with van der Waals surface area (Å²) in [4.78, 5) is 0. The highest BCUT2D eigenvalue weighted by Crippen LogP contribution is 2.41. The molecule has 2 nitrogen and oxygen atoms in total.